The second kappa shape index (κ2) is 13.9. The Morgan fingerprint density at radius 1 is 1.10 bits per heavy atom. The average molecular weight is 597 g/mol. The number of benzene rings is 2. The first kappa shape index (κ1) is 31.2. The minimum atomic E-state index is -3.57. The monoisotopic (exact) mass is 595 g/mol. The predicted octanol–water partition coefficient (Wildman–Crippen LogP) is 6.02. The number of sulfonamides is 1. The Morgan fingerprint density at radius 2 is 1.79 bits per heavy atom. The van der Waals surface area contributed by atoms with E-state index in [9.17, 15) is 18.0 Å². The molecule has 1 atom stereocenters. The van der Waals surface area contributed by atoms with Crippen LogP contribution in [0.2, 0.25) is 10.0 Å². The molecule has 0 aromatic heterocycles. The van der Waals surface area contributed by atoms with Crippen molar-refractivity contribution in [3.63, 3.8) is 0 Å². The van der Waals surface area contributed by atoms with Crippen LogP contribution < -0.4 is 9.62 Å². The summed E-state index contributed by atoms with van der Waals surface area (Å²) in [5.74, 6) is -0.403. The maximum Gasteiger partial charge on any atom is 0.243 e. The van der Waals surface area contributed by atoms with Crippen LogP contribution in [-0.4, -0.2) is 50.0 Å². The Balaban J connectivity index is 1.81. The summed E-state index contributed by atoms with van der Waals surface area (Å²) in [7, 11) is -3.57. The lowest BCUT2D eigenvalue weighted by Gasteiger charge is -2.32. The molecule has 1 N–H and O–H groups in total. The van der Waals surface area contributed by atoms with Crippen molar-refractivity contribution in [3.05, 3.63) is 63.1 Å². The summed E-state index contributed by atoms with van der Waals surface area (Å²) in [5, 5.41) is 4.03. The molecule has 0 bridgehead atoms. The van der Waals surface area contributed by atoms with E-state index >= 15 is 0 Å². The van der Waals surface area contributed by atoms with Crippen LogP contribution in [0.4, 0.5) is 5.69 Å². The van der Waals surface area contributed by atoms with Gasteiger partial charge in [-0.25, -0.2) is 8.42 Å². The molecule has 0 heterocycles. The zero-order chi connectivity index (χ0) is 28.7. The molecule has 39 heavy (non-hydrogen) atoms. The van der Waals surface area contributed by atoms with E-state index in [4.69, 9.17) is 23.2 Å². The molecule has 1 fully saturated rings. The van der Waals surface area contributed by atoms with Crippen LogP contribution in [0.5, 0.6) is 0 Å². The van der Waals surface area contributed by atoms with Gasteiger partial charge in [0.25, 0.3) is 0 Å². The van der Waals surface area contributed by atoms with Crippen molar-refractivity contribution in [2.45, 2.75) is 84.3 Å². The molecular weight excluding hydrogens is 557 g/mol. The van der Waals surface area contributed by atoms with Crippen molar-refractivity contribution >= 4 is 50.7 Å². The molecule has 214 valence electrons. The van der Waals surface area contributed by atoms with E-state index < -0.39 is 16.1 Å². The van der Waals surface area contributed by atoms with Gasteiger partial charge in [-0.3, -0.25) is 13.9 Å². The van der Waals surface area contributed by atoms with E-state index in [1.807, 2.05) is 32.9 Å². The van der Waals surface area contributed by atoms with Gasteiger partial charge in [0.2, 0.25) is 21.8 Å². The number of nitrogens with one attached hydrogen (secondary N) is 1. The molecule has 0 spiro atoms. The van der Waals surface area contributed by atoms with Gasteiger partial charge >= 0.3 is 0 Å². The van der Waals surface area contributed by atoms with Gasteiger partial charge in [-0.1, -0.05) is 61.2 Å². The third-order valence-electron chi connectivity index (χ3n) is 7.44. The van der Waals surface area contributed by atoms with E-state index in [0.29, 0.717) is 34.1 Å². The number of nitrogens with zero attached hydrogens (tertiary/aromatic N) is 2. The SMILES string of the molecule is CC[C@H](C(=O)NC1CCCC1)N(Cc1ccc(Cl)cc1Cl)C(=O)CCCN(c1cccc(C)c1C)S(C)(=O)=O. The Kier molecular flexibility index (Phi) is 11.1. The molecular formula is C29H39Cl2N3O4S. The number of aryl methyl sites for hydroxylation is 1. The van der Waals surface area contributed by atoms with E-state index in [2.05, 4.69) is 5.32 Å². The molecule has 0 unspecified atom stereocenters. The Labute approximate surface area is 242 Å². The molecule has 7 nitrogen and oxygen atoms in total. The average Bonchev–Trinajstić information content (AvgIpc) is 3.37. The summed E-state index contributed by atoms with van der Waals surface area (Å²) in [6, 6.07) is 10.1. The highest BCUT2D eigenvalue weighted by atomic mass is 35.5. The van der Waals surface area contributed by atoms with E-state index in [-0.39, 0.29) is 37.4 Å². The van der Waals surface area contributed by atoms with Gasteiger partial charge in [0.15, 0.2) is 0 Å². The van der Waals surface area contributed by atoms with Crippen LogP contribution in [0, 0.1) is 13.8 Å². The fourth-order valence-electron chi connectivity index (χ4n) is 5.11. The van der Waals surface area contributed by atoms with Gasteiger partial charge in [-0.05, 0) is 74.4 Å². The lowest BCUT2D eigenvalue weighted by atomic mass is 10.1. The standard InChI is InChI=1S/C29H39Cl2N3O4S/c1-5-26(29(36)32-24-11-6-7-12-24)33(19-22-15-16-23(30)18-25(22)31)28(35)14-9-17-34(39(4,37)38)27-13-8-10-20(2)21(27)3/h8,10,13,15-16,18,24,26H,5-7,9,11-12,14,17,19H2,1-4H3,(H,32,36)/t26-/m1/s1. The fourth-order valence-corrected chi connectivity index (χ4v) is 6.59. The summed E-state index contributed by atoms with van der Waals surface area (Å²) >= 11 is 12.5. The molecule has 2 aromatic rings. The Hall–Kier alpha value is -2.29. The molecule has 2 amide bonds. The molecule has 1 saturated carbocycles. The molecule has 0 radical (unpaired) electrons. The van der Waals surface area contributed by atoms with Crippen molar-refractivity contribution in [2.24, 2.45) is 0 Å². The summed E-state index contributed by atoms with van der Waals surface area (Å²) in [5.41, 5.74) is 3.16. The minimum absolute atomic E-state index is 0.0787. The normalized spacial score (nSPS) is 14.7. The van der Waals surface area contributed by atoms with Gasteiger partial charge in [-0.2, -0.15) is 0 Å². The highest BCUT2D eigenvalue weighted by Crippen LogP contribution is 2.27. The van der Waals surface area contributed by atoms with Gasteiger partial charge in [-0.15, -0.1) is 0 Å². The summed E-state index contributed by atoms with van der Waals surface area (Å²) in [4.78, 5) is 28.6. The smallest absolute Gasteiger partial charge is 0.243 e. The summed E-state index contributed by atoms with van der Waals surface area (Å²) in [6.07, 6.45) is 6.04. The predicted molar refractivity (Wildman–Crippen MR) is 159 cm³/mol. The third-order valence-corrected chi connectivity index (χ3v) is 9.21. The first-order valence-electron chi connectivity index (χ1n) is 13.5. The molecule has 1 aliphatic rings. The van der Waals surface area contributed by atoms with Gasteiger partial charge < -0.3 is 10.2 Å². The van der Waals surface area contributed by atoms with Crippen molar-refractivity contribution in [2.75, 3.05) is 17.1 Å². The molecule has 1 aliphatic carbocycles. The van der Waals surface area contributed by atoms with Gasteiger partial charge in [0.05, 0.1) is 11.9 Å². The quantitative estimate of drug-likeness (QED) is 0.325. The van der Waals surface area contributed by atoms with Crippen LogP contribution in [0.3, 0.4) is 0 Å². The van der Waals surface area contributed by atoms with E-state index in [1.54, 1.807) is 29.2 Å². The maximum atomic E-state index is 13.7. The Morgan fingerprint density at radius 3 is 2.41 bits per heavy atom. The first-order chi connectivity index (χ1) is 18.4. The highest BCUT2D eigenvalue weighted by Gasteiger charge is 2.31. The minimum Gasteiger partial charge on any atom is -0.352 e. The summed E-state index contributed by atoms with van der Waals surface area (Å²) < 4.78 is 26.7. The number of halogens is 2. The number of amides is 2. The van der Waals surface area contributed by atoms with Crippen molar-refractivity contribution < 1.29 is 18.0 Å². The lowest BCUT2D eigenvalue weighted by Crippen LogP contribution is -2.51. The number of carbonyl (C=O) groups is 2. The maximum absolute atomic E-state index is 13.7. The number of hydrogen-bond acceptors (Lipinski definition) is 4. The second-order valence-electron chi connectivity index (χ2n) is 10.3. The van der Waals surface area contributed by atoms with Gasteiger partial charge in [0, 0.05) is 35.6 Å². The fraction of sp³-hybridized carbons (Fsp3) is 0.517. The van der Waals surface area contributed by atoms with Crippen LogP contribution in [-0.2, 0) is 26.2 Å². The molecule has 0 saturated heterocycles. The lowest BCUT2D eigenvalue weighted by molar-refractivity contribution is -0.141. The molecule has 10 heteroatoms. The van der Waals surface area contributed by atoms with Crippen molar-refractivity contribution in [1.82, 2.24) is 10.2 Å². The van der Waals surface area contributed by atoms with Crippen LogP contribution in [0.25, 0.3) is 0 Å². The number of anilines is 1. The third kappa shape index (κ3) is 8.35. The van der Waals surface area contributed by atoms with Crippen LogP contribution in [0.1, 0.15) is 68.6 Å². The van der Waals surface area contributed by atoms with E-state index in [0.717, 1.165) is 36.8 Å². The van der Waals surface area contributed by atoms with Crippen molar-refractivity contribution in [3.8, 4) is 0 Å². The highest BCUT2D eigenvalue weighted by molar-refractivity contribution is 7.92. The number of hydrogen-bond donors (Lipinski definition) is 1. The largest absolute Gasteiger partial charge is 0.352 e. The molecule has 2 aromatic carbocycles. The van der Waals surface area contributed by atoms with Crippen molar-refractivity contribution in [1.29, 1.82) is 0 Å². The molecule has 0 aliphatic heterocycles. The second-order valence-corrected chi connectivity index (χ2v) is 13.1. The zero-order valence-corrected chi connectivity index (χ0v) is 25.5. The first-order valence-corrected chi connectivity index (χ1v) is 16.1. The number of carbonyl (C=O) groups excluding carboxylic acids is 2. The van der Waals surface area contributed by atoms with E-state index in [1.165, 1.54) is 10.6 Å². The molecule has 3 rings (SSSR count). The van der Waals surface area contributed by atoms with Crippen LogP contribution >= 0.6 is 23.2 Å². The number of rotatable bonds is 12. The summed E-state index contributed by atoms with van der Waals surface area (Å²) in [6.45, 7) is 6.01. The van der Waals surface area contributed by atoms with Crippen LogP contribution in [0.15, 0.2) is 36.4 Å². The van der Waals surface area contributed by atoms with Gasteiger partial charge in [0.1, 0.15) is 6.04 Å². The Bertz CT molecular complexity index is 1280. The topological polar surface area (TPSA) is 86.8 Å². The zero-order valence-electron chi connectivity index (χ0n) is 23.2.